The topological polar surface area (TPSA) is 45.2 Å². The van der Waals surface area contributed by atoms with Crippen molar-refractivity contribution >= 4 is 11.3 Å². The SMILES string of the molecule is CC(C)OC[C@@H](O)CN(CCN1CCOCC1)Cc1ccsc1. The fourth-order valence-electron chi connectivity index (χ4n) is 2.64. The Morgan fingerprint density at radius 3 is 2.83 bits per heavy atom. The van der Waals surface area contributed by atoms with Crippen LogP contribution in [0.5, 0.6) is 0 Å². The lowest BCUT2D eigenvalue weighted by atomic mass is 10.2. The maximum absolute atomic E-state index is 10.2. The summed E-state index contributed by atoms with van der Waals surface area (Å²) in [7, 11) is 0. The van der Waals surface area contributed by atoms with Gasteiger partial charge in [0, 0.05) is 39.3 Å². The van der Waals surface area contributed by atoms with E-state index in [1.165, 1.54) is 5.56 Å². The molecule has 1 aliphatic heterocycles. The number of thiophene rings is 1. The Hall–Kier alpha value is -0.500. The summed E-state index contributed by atoms with van der Waals surface area (Å²) in [6.45, 7) is 11.6. The van der Waals surface area contributed by atoms with Crippen LogP contribution in [-0.2, 0) is 16.0 Å². The van der Waals surface area contributed by atoms with Crippen molar-refractivity contribution in [1.29, 1.82) is 0 Å². The zero-order chi connectivity index (χ0) is 16.5. The van der Waals surface area contributed by atoms with Gasteiger partial charge >= 0.3 is 0 Å². The van der Waals surface area contributed by atoms with Crippen molar-refractivity contribution in [2.24, 2.45) is 0 Å². The molecular formula is C17H30N2O3S. The van der Waals surface area contributed by atoms with Crippen LogP contribution in [0.1, 0.15) is 19.4 Å². The van der Waals surface area contributed by atoms with Crippen molar-refractivity contribution in [3.63, 3.8) is 0 Å². The second-order valence-electron chi connectivity index (χ2n) is 6.36. The van der Waals surface area contributed by atoms with E-state index < -0.39 is 6.10 Å². The summed E-state index contributed by atoms with van der Waals surface area (Å²) in [5.41, 5.74) is 1.31. The smallest absolute Gasteiger partial charge is 0.0900 e. The quantitative estimate of drug-likeness (QED) is 0.701. The molecule has 23 heavy (non-hydrogen) atoms. The normalized spacial score (nSPS) is 18.0. The summed E-state index contributed by atoms with van der Waals surface area (Å²) >= 11 is 1.72. The molecule has 6 heteroatoms. The summed E-state index contributed by atoms with van der Waals surface area (Å²) in [6.07, 6.45) is -0.288. The minimum atomic E-state index is -0.444. The van der Waals surface area contributed by atoms with Crippen LogP contribution in [0.15, 0.2) is 16.8 Å². The van der Waals surface area contributed by atoms with Gasteiger partial charge in [0.15, 0.2) is 0 Å². The number of hydrogen-bond donors (Lipinski definition) is 1. The Morgan fingerprint density at radius 1 is 1.39 bits per heavy atom. The van der Waals surface area contributed by atoms with Gasteiger partial charge in [0.05, 0.1) is 32.0 Å². The van der Waals surface area contributed by atoms with Crippen molar-refractivity contribution in [2.45, 2.75) is 32.6 Å². The second-order valence-corrected chi connectivity index (χ2v) is 7.14. The highest BCUT2D eigenvalue weighted by molar-refractivity contribution is 7.07. The van der Waals surface area contributed by atoms with E-state index in [0.717, 1.165) is 45.9 Å². The fraction of sp³-hybridized carbons (Fsp3) is 0.765. The minimum absolute atomic E-state index is 0.156. The van der Waals surface area contributed by atoms with Gasteiger partial charge in [-0.05, 0) is 36.2 Å². The van der Waals surface area contributed by atoms with Crippen molar-refractivity contribution in [1.82, 2.24) is 9.80 Å². The first-order valence-electron chi connectivity index (χ1n) is 8.46. The molecule has 1 aromatic rings. The van der Waals surface area contributed by atoms with E-state index in [-0.39, 0.29) is 6.10 Å². The first-order chi connectivity index (χ1) is 11.1. The summed E-state index contributed by atoms with van der Waals surface area (Å²) in [4.78, 5) is 4.76. The summed E-state index contributed by atoms with van der Waals surface area (Å²) < 4.78 is 10.9. The highest BCUT2D eigenvalue weighted by Gasteiger charge is 2.16. The van der Waals surface area contributed by atoms with Gasteiger partial charge in [-0.3, -0.25) is 9.80 Å². The number of nitrogens with zero attached hydrogens (tertiary/aromatic N) is 2. The Morgan fingerprint density at radius 2 is 2.17 bits per heavy atom. The standard InChI is InChI=1S/C17H30N2O3S/c1-15(2)22-13-17(20)12-19(11-16-3-10-23-14-16)5-4-18-6-8-21-9-7-18/h3,10,14-15,17,20H,4-9,11-13H2,1-2H3/t17-/m0/s1. The average molecular weight is 343 g/mol. The molecule has 2 rings (SSSR count). The van der Waals surface area contributed by atoms with Crippen LogP contribution >= 0.6 is 11.3 Å². The van der Waals surface area contributed by atoms with Gasteiger partial charge in [-0.25, -0.2) is 0 Å². The third kappa shape index (κ3) is 7.74. The van der Waals surface area contributed by atoms with Crippen LogP contribution in [-0.4, -0.2) is 79.7 Å². The number of morpholine rings is 1. The zero-order valence-electron chi connectivity index (χ0n) is 14.3. The molecule has 5 nitrogen and oxygen atoms in total. The van der Waals surface area contributed by atoms with Gasteiger partial charge in [0.1, 0.15) is 0 Å². The molecular weight excluding hydrogens is 312 g/mol. The van der Waals surface area contributed by atoms with Crippen LogP contribution < -0.4 is 0 Å². The summed E-state index contributed by atoms with van der Waals surface area (Å²) in [5.74, 6) is 0. The zero-order valence-corrected chi connectivity index (χ0v) is 15.1. The molecule has 0 radical (unpaired) electrons. The predicted octanol–water partition coefficient (Wildman–Crippen LogP) is 1.67. The third-order valence-electron chi connectivity index (χ3n) is 3.91. The molecule has 2 heterocycles. The number of ether oxygens (including phenoxy) is 2. The lowest BCUT2D eigenvalue weighted by Crippen LogP contribution is -2.43. The Kier molecular flexibility index (Phi) is 8.50. The monoisotopic (exact) mass is 342 g/mol. The molecule has 1 aliphatic rings. The molecule has 0 aliphatic carbocycles. The fourth-order valence-corrected chi connectivity index (χ4v) is 3.30. The molecule has 1 saturated heterocycles. The first-order valence-corrected chi connectivity index (χ1v) is 9.41. The van der Waals surface area contributed by atoms with E-state index in [4.69, 9.17) is 9.47 Å². The predicted molar refractivity (Wildman–Crippen MR) is 93.9 cm³/mol. The second kappa shape index (κ2) is 10.4. The molecule has 0 spiro atoms. The van der Waals surface area contributed by atoms with Crippen molar-refractivity contribution in [3.8, 4) is 0 Å². The van der Waals surface area contributed by atoms with E-state index >= 15 is 0 Å². The van der Waals surface area contributed by atoms with E-state index in [9.17, 15) is 5.11 Å². The van der Waals surface area contributed by atoms with Gasteiger partial charge < -0.3 is 14.6 Å². The minimum Gasteiger partial charge on any atom is -0.389 e. The third-order valence-corrected chi connectivity index (χ3v) is 4.65. The molecule has 1 atom stereocenters. The Labute approximate surface area is 143 Å². The summed E-state index contributed by atoms with van der Waals surface area (Å²) in [5, 5.41) is 14.5. The Bertz CT molecular complexity index is 408. The number of hydrogen-bond acceptors (Lipinski definition) is 6. The maximum Gasteiger partial charge on any atom is 0.0900 e. The Balaban J connectivity index is 1.80. The van der Waals surface area contributed by atoms with Gasteiger partial charge in [-0.15, -0.1) is 0 Å². The number of aliphatic hydroxyl groups excluding tert-OH is 1. The van der Waals surface area contributed by atoms with Gasteiger partial charge in [-0.2, -0.15) is 11.3 Å². The van der Waals surface area contributed by atoms with E-state index in [2.05, 4.69) is 26.6 Å². The lowest BCUT2D eigenvalue weighted by molar-refractivity contribution is -0.0128. The first kappa shape index (κ1) is 18.8. The number of rotatable bonds is 10. The highest BCUT2D eigenvalue weighted by Crippen LogP contribution is 2.10. The highest BCUT2D eigenvalue weighted by atomic mass is 32.1. The molecule has 0 unspecified atom stereocenters. The van der Waals surface area contributed by atoms with Crippen LogP contribution in [0.3, 0.4) is 0 Å². The van der Waals surface area contributed by atoms with Crippen LogP contribution in [0.2, 0.25) is 0 Å². The van der Waals surface area contributed by atoms with Crippen molar-refractivity contribution in [2.75, 3.05) is 52.5 Å². The number of aliphatic hydroxyl groups is 1. The van der Waals surface area contributed by atoms with Crippen molar-refractivity contribution in [3.05, 3.63) is 22.4 Å². The van der Waals surface area contributed by atoms with Gasteiger partial charge in [0.2, 0.25) is 0 Å². The summed E-state index contributed by atoms with van der Waals surface area (Å²) in [6, 6.07) is 2.16. The average Bonchev–Trinajstić information content (AvgIpc) is 3.04. The molecule has 1 fully saturated rings. The molecule has 0 saturated carbocycles. The molecule has 0 aromatic carbocycles. The van der Waals surface area contributed by atoms with Gasteiger partial charge in [-0.1, -0.05) is 0 Å². The molecule has 132 valence electrons. The maximum atomic E-state index is 10.2. The van der Waals surface area contributed by atoms with Gasteiger partial charge in [0.25, 0.3) is 0 Å². The molecule has 1 aromatic heterocycles. The van der Waals surface area contributed by atoms with E-state index in [1.807, 2.05) is 13.8 Å². The van der Waals surface area contributed by atoms with Crippen LogP contribution in [0.25, 0.3) is 0 Å². The lowest BCUT2D eigenvalue weighted by Gasteiger charge is -2.31. The van der Waals surface area contributed by atoms with E-state index in [1.54, 1.807) is 11.3 Å². The van der Waals surface area contributed by atoms with Crippen LogP contribution in [0, 0.1) is 0 Å². The van der Waals surface area contributed by atoms with E-state index in [0.29, 0.717) is 13.2 Å². The van der Waals surface area contributed by atoms with Crippen LogP contribution in [0.4, 0.5) is 0 Å². The molecule has 0 bridgehead atoms. The molecule has 1 N–H and O–H groups in total. The van der Waals surface area contributed by atoms with Crippen molar-refractivity contribution < 1.29 is 14.6 Å². The largest absolute Gasteiger partial charge is 0.389 e. The molecule has 0 amide bonds.